The first-order chi connectivity index (χ1) is 9.20. The van der Waals surface area contributed by atoms with Crippen molar-refractivity contribution in [2.75, 3.05) is 6.61 Å². The Kier molecular flexibility index (Phi) is 3.51. The highest BCUT2D eigenvalue weighted by molar-refractivity contribution is 7.72. The maximum atomic E-state index is 5.79. The molecule has 7 heteroatoms. The highest BCUT2D eigenvalue weighted by Crippen LogP contribution is 2.28. The lowest BCUT2D eigenvalue weighted by molar-refractivity contribution is -0.0406. The Hall–Kier alpha value is -1.05. The summed E-state index contributed by atoms with van der Waals surface area (Å²) in [6, 6.07) is 0. The molecule has 0 spiro atoms. The summed E-state index contributed by atoms with van der Waals surface area (Å²) in [5.41, 5.74) is 2.34. The lowest BCUT2D eigenvalue weighted by atomic mass is 10.2. The van der Waals surface area contributed by atoms with Gasteiger partial charge in [-0.1, -0.05) is 19.1 Å². The standard InChI is InChI=1S/C12H15N3O2S2/c1-2-7-10-9(11(18)13-12(19)17-10)14-15(7)8-5-3-4-6-16-8/h8H,2-6H2,1H3,(H,13,18,19). The van der Waals surface area contributed by atoms with Gasteiger partial charge in [-0.05, 0) is 37.9 Å². The minimum atomic E-state index is -0.0192. The van der Waals surface area contributed by atoms with Crippen LogP contribution in [-0.4, -0.2) is 21.4 Å². The van der Waals surface area contributed by atoms with Crippen molar-refractivity contribution >= 4 is 35.5 Å². The van der Waals surface area contributed by atoms with Gasteiger partial charge in [0, 0.05) is 6.61 Å². The van der Waals surface area contributed by atoms with Gasteiger partial charge in [-0.15, -0.1) is 0 Å². The van der Waals surface area contributed by atoms with Gasteiger partial charge in [0.05, 0.1) is 5.69 Å². The second-order valence-electron chi connectivity index (χ2n) is 4.59. The molecule has 1 fully saturated rings. The molecule has 0 amide bonds. The Morgan fingerprint density at radius 2 is 2.26 bits per heavy atom. The van der Waals surface area contributed by atoms with Crippen molar-refractivity contribution in [2.45, 2.75) is 38.8 Å². The van der Waals surface area contributed by atoms with Crippen LogP contribution in [0.5, 0.6) is 0 Å². The second-order valence-corrected chi connectivity index (χ2v) is 5.37. The van der Waals surface area contributed by atoms with E-state index in [1.54, 1.807) is 0 Å². The molecule has 2 aromatic heterocycles. The van der Waals surface area contributed by atoms with Gasteiger partial charge in [0.25, 0.3) is 4.84 Å². The number of hydrogen-bond donors (Lipinski definition) is 1. The van der Waals surface area contributed by atoms with Crippen molar-refractivity contribution in [3.8, 4) is 0 Å². The first-order valence-corrected chi connectivity index (χ1v) is 7.28. The van der Waals surface area contributed by atoms with Crippen LogP contribution in [0.1, 0.15) is 38.1 Å². The van der Waals surface area contributed by atoms with Gasteiger partial charge >= 0.3 is 0 Å². The normalized spacial score (nSPS) is 19.9. The molecule has 19 heavy (non-hydrogen) atoms. The van der Waals surface area contributed by atoms with E-state index in [1.807, 2.05) is 4.68 Å². The fourth-order valence-electron chi connectivity index (χ4n) is 2.46. The third-order valence-corrected chi connectivity index (χ3v) is 3.83. The van der Waals surface area contributed by atoms with E-state index in [2.05, 4.69) is 17.0 Å². The van der Waals surface area contributed by atoms with E-state index >= 15 is 0 Å². The van der Waals surface area contributed by atoms with Crippen LogP contribution in [0, 0.1) is 9.48 Å². The summed E-state index contributed by atoms with van der Waals surface area (Å²) in [5.74, 6) is 0. The van der Waals surface area contributed by atoms with Crippen molar-refractivity contribution in [2.24, 2.45) is 0 Å². The van der Waals surface area contributed by atoms with Crippen molar-refractivity contribution < 1.29 is 9.15 Å². The number of nitrogens with one attached hydrogen (secondary N) is 1. The van der Waals surface area contributed by atoms with Gasteiger partial charge in [0.1, 0.15) is 4.64 Å². The van der Waals surface area contributed by atoms with Crippen LogP contribution in [0.2, 0.25) is 0 Å². The van der Waals surface area contributed by atoms with Crippen molar-refractivity contribution in [1.29, 1.82) is 0 Å². The van der Waals surface area contributed by atoms with Crippen LogP contribution in [-0.2, 0) is 11.2 Å². The van der Waals surface area contributed by atoms with Crippen LogP contribution in [0.15, 0.2) is 4.42 Å². The number of rotatable bonds is 2. The number of aromatic amines is 1. The molecule has 1 atom stereocenters. The van der Waals surface area contributed by atoms with E-state index in [9.17, 15) is 0 Å². The Morgan fingerprint density at radius 1 is 1.42 bits per heavy atom. The third-order valence-electron chi connectivity index (χ3n) is 3.35. The van der Waals surface area contributed by atoms with Gasteiger partial charge in [0.15, 0.2) is 17.3 Å². The third kappa shape index (κ3) is 2.26. The Morgan fingerprint density at radius 3 is 2.95 bits per heavy atom. The van der Waals surface area contributed by atoms with Gasteiger partial charge < -0.3 is 14.1 Å². The molecule has 0 aromatic carbocycles. The molecular formula is C12H15N3O2S2. The first-order valence-electron chi connectivity index (χ1n) is 6.47. The molecule has 3 heterocycles. The van der Waals surface area contributed by atoms with E-state index in [1.165, 1.54) is 0 Å². The summed E-state index contributed by atoms with van der Waals surface area (Å²) in [4.78, 5) is 3.12. The Labute approximate surface area is 120 Å². The zero-order chi connectivity index (χ0) is 13.4. The molecular weight excluding hydrogens is 282 g/mol. The molecule has 0 radical (unpaired) electrons. The molecule has 2 aromatic rings. The molecule has 3 rings (SSSR count). The molecule has 1 aliphatic rings. The van der Waals surface area contributed by atoms with Crippen molar-refractivity contribution in [3.05, 3.63) is 15.2 Å². The van der Waals surface area contributed by atoms with E-state index in [0.717, 1.165) is 38.0 Å². The highest BCUT2D eigenvalue weighted by atomic mass is 32.1. The van der Waals surface area contributed by atoms with Crippen LogP contribution in [0.25, 0.3) is 11.1 Å². The first kappa shape index (κ1) is 13.0. The number of H-pyrrole nitrogens is 1. The Bertz CT molecular complexity index is 710. The van der Waals surface area contributed by atoms with Gasteiger partial charge in [-0.3, -0.25) is 0 Å². The van der Waals surface area contributed by atoms with E-state index in [-0.39, 0.29) is 11.1 Å². The topological polar surface area (TPSA) is 56.0 Å². The number of aromatic nitrogens is 3. The molecule has 1 N–H and O–H groups in total. The van der Waals surface area contributed by atoms with Gasteiger partial charge in [-0.25, -0.2) is 4.68 Å². The zero-order valence-corrected chi connectivity index (χ0v) is 12.3. The van der Waals surface area contributed by atoms with Crippen molar-refractivity contribution in [1.82, 2.24) is 14.8 Å². The monoisotopic (exact) mass is 297 g/mol. The summed E-state index contributed by atoms with van der Waals surface area (Å²) in [7, 11) is 0. The summed E-state index contributed by atoms with van der Waals surface area (Å²) < 4.78 is 13.8. The van der Waals surface area contributed by atoms with Crippen LogP contribution < -0.4 is 0 Å². The number of ether oxygens (including phenoxy) is 1. The molecule has 0 bridgehead atoms. The van der Waals surface area contributed by atoms with E-state index in [0.29, 0.717) is 15.7 Å². The minimum absolute atomic E-state index is 0.0192. The average molecular weight is 297 g/mol. The molecule has 1 unspecified atom stereocenters. The van der Waals surface area contributed by atoms with Crippen molar-refractivity contribution in [3.63, 3.8) is 0 Å². The second kappa shape index (κ2) is 5.15. The maximum Gasteiger partial charge on any atom is 0.267 e. The van der Waals surface area contributed by atoms with Crippen LogP contribution >= 0.6 is 24.4 Å². The largest absolute Gasteiger partial charge is 0.427 e. The molecule has 102 valence electrons. The minimum Gasteiger partial charge on any atom is -0.427 e. The van der Waals surface area contributed by atoms with E-state index in [4.69, 9.17) is 33.6 Å². The zero-order valence-electron chi connectivity index (χ0n) is 10.6. The molecule has 1 saturated heterocycles. The fourth-order valence-corrected chi connectivity index (χ4v) is 2.93. The summed E-state index contributed by atoms with van der Waals surface area (Å²) >= 11 is 10.3. The SMILES string of the molecule is CCc1c2oc(=S)[nH]c(=S)c2nn1C1CCCCO1. The van der Waals surface area contributed by atoms with Gasteiger partial charge in [-0.2, -0.15) is 5.10 Å². The summed E-state index contributed by atoms with van der Waals surface area (Å²) in [6.07, 6.45) is 4.01. The number of hydrogen-bond acceptors (Lipinski definition) is 5. The predicted molar refractivity (Wildman–Crippen MR) is 76.2 cm³/mol. The summed E-state index contributed by atoms with van der Waals surface area (Å²) in [5, 5.41) is 4.56. The quantitative estimate of drug-likeness (QED) is 0.857. The predicted octanol–water partition coefficient (Wildman–Crippen LogP) is 3.68. The smallest absolute Gasteiger partial charge is 0.267 e. The number of fused-ring (bicyclic) bond motifs is 1. The molecule has 0 saturated carbocycles. The van der Waals surface area contributed by atoms with Crippen LogP contribution in [0.4, 0.5) is 0 Å². The maximum absolute atomic E-state index is 5.79. The van der Waals surface area contributed by atoms with Gasteiger partial charge in [0.2, 0.25) is 0 Å². The lowest BCUT2D eigenvalue weighted by Gasteiger charge is -2.24. The molecule has 5 nitrogen and oxygen atoms in total. The average Bonchev–Trinajstić information content (AvgIpc) is 2.78. The lowest BCUT2D eigenvalue weighted by Crippen LogP contribution is -2.20. The van der Waals surface area contributed by atoms with Crippen LogP contribution in [0.3, 0.4) is 0 Å². The molecule has 0 aliphatic carbocycles. The molecule has 1 aliphatic heterocycles. The number of nitrogens with zero attached hydrogens (tertiary/aromatic N) is 2. The number of aryl methyl sites for hydroxylation is 1. The summed E-state index contributed by atoms with van der Waals surface area (Å²) in [6.45, 7) is 2.84. The fraction of sp³-hybridized carbons (Fsp3) is 0.583. The Balaban J connectivity index is 2.21. The van der Waals surface area contributed by atoms with E-state index < -0.39 is 0 Å². The highest BCUT2D eigenvalue weighted by Gasteiger charge is 2.22.